The van der Waals surface area contributed by atoms with Crippen molar-refractivity contribution in [3.8, 4) is 0 Å². The van der Waals surface area contributed by atoms with Crippen LogP contribution in [0.2, 0.25) is 0 Å². The van der Waals surface area contributed by atoms with E-state index in [0.717, 1.165) is 11.1 Å². The lowest BCUT2D eigenvalue weighted by molar-refractivity contribution is -0.137. The van der Waals surface area contributed by atoms with E-state index in [1.807, 2.05) is 0 Å². The van der Waals surface area contributed by atoms with Crippen molar-refractivity contribution in [2.75, 3.05) is 7.05 Å². The van der Waals surface area contributed by atoms with Gasteiger partial charge in [-0.3, -0.25) is 0 Å². The Morgan fingerprint density at radius 1 is 1.44 bits per heavy atom. The van der Waals surface area contributed by atoms with Gasteiger partial charge in [-0.2, -0.15) is 5.06 Å². The van der Waals surface area contributed by atoms with Crippen LogP contribution in [0.3, 0.4) is 0 Å². The molecule has 0 bridgehead atoms. The summed E-state index contributed by atoms with van der Waals surface area (Å²) in [6.45, 7) is 3.39. The van der Waals surface area contributed by atoms with Gasteiger partial charge in [-0.15, -0.1) is 0 Å². The fraction of sp³-hybridized carbons (Fsp3) is 0.455. The van der Waals surface area contributed by atoms with E-state index in [1.54, 1.807) is 14.0 Å². The van der Waals surface area contributed by atoms with Gasteiger partial charge < -0.3 is 10.5 Å². The summed E-state index contributed by atoms with van der Waals surface area (Å²) in [5.41, 5.74) is 0.765. The number of hydrogen-bond donors (Lipinski definition) is 2. The van der Waals surface area contributed by atoms with Gasteiger partial charge in [0.15, 0.2) is 11.6 Å². The summed E-state index contributed by atoms with van der Waals surface area (Å²) in [7, 11) is 1.70. The normalized spacial score (nSPS) is 13.2. The average molecular weight is 230 g/mol. The molecular weight excluding hydrogens is 214 g/mol. The number of benzene rings is 1. The topological polar surface area (TPSA) is 35.5 Å². The largest absolute Gasteiger partial charge is 0.312 e. The van der Waals surface area contributed by atoms with E-state index >= 15 is 0 Å². The minimum absolute atomic E-state index is 0.139. The molecule has 16 heavy (non-hydrogen) atoms. The van der Waals surface area contributed by atoms with Crippen LogP contribution in [0.4, 0.5) is 8.78 Å². The molecule has 0 aliphatic rings. The Morgan fingerprint density at radius 2 is 2.06 bits per heavy atom. The van der Waals surface area contributed by atoms with Crippen molar-refractivity contribution in [2.24, 2.45) is 0 Å². The smallest absolute Gasteiger partial charge is 0.161 e. The summed E-state index contributed by atoms with van der Waals surface area (Å²) in [5.74, 6) is -1.73. The maximum Gasteiger partial charge on any atom is 0.161 e. The van der Waals surface area contributed by atoms with Crippen LogP contribution in [0.1, 0.15) is 18.1 Å². The maximum atomic E-state index is 13.1. The highest BCUT2D eigenvalue weighted by Crippen LogP contribution is 2.15. The van der Waals surface area contributed by atoms with Crippen molar-refractivity contribution < 1.29 is 14.0 Å². The number of rotatable bonds is 4. The van der Waals surface area contributed by atoms with Crippen LogP contribution >= 0.6 is 0 Å². The monoisotopic (exact) mass is 230 g/mol. The van der Waals surface area contributed by atoms with Crippen LogP contribution in [0.15, 0.2) is 12.1 Å². The maximum absolute atomic E-state index is 13.1. The summed E-state index contributed by atoms with van der Waals surface area (Å²) in [5, 5.41) is 13.4. The van der Waals surface area contributed by atoms with E-state index < -0.39 is 11.6 Å². The minimum atomic E-state index is -0.888. The summed E-state index contributed by atoms with van der Waals surface area (Å²) < 4.78 is 26.1. The Kier molecular flexibility index (Phi) is 4.35. The van der Waals surface area contributed by atoms with Crippen LogP contribution in [0.25, 0.3) is 0 Å². The second kappa shape index (κ2) is 5.34. The average Bonchev–Trinajstić information content (AvgIpc) is 2.24. The van der Waals surface area contributed by atoms with E-state index in [0.29, 0.717) is 5.56 Å². The zero-order valence-electron chi connectivity index (χ0n) is 9.59. The van der Waals surface area contributed by atoms with Crippen LogP contribution in [-0.2, 0) is 6.54 Å². The van der Waals surface area contributed by atoms with Crippen molar-refractivity contribution in [1.82, 2.24) is 10.4 Å². The number of aryl methyl sites for hydroxylation is 1. The minimum Gasteiger partial charge on any atom is -0.312 e. The summed E-state index contributed by atoms with van der Waals surface area (Å²) in [4.78, 5) is 0. The highest BCUT2D eigenvalue weighted by Gasteiger charge is 2.12. The van der Waals surface area contributed by atoms with Gasteiger partial charge >= 0.3 is 0 Å². The molecule has 0 spiro atoms. The Balaban J connectivity index is 2.82. The van der Waals surface area contributed by atoms with Crippen LogP contribution in [0.5, 0.6) is 0 Å². The molecule has 0 fully saturated rings. The molecule has 0 aliphatic heterocycles. The molecular formula is C11H16F2N2O. The molecule has 0 amide bonds. The lowest BCUT2D eigenvalue weighted by atomic mass is 10.1. The van der Waals surface area contributed by atoms with Gasteiger partial charge in [-0.1, -0.05) is 6.07 Å². The lowest BCUT2D eigenvalue weighted by Gasteiger charge is -2.22. The predicted molar refractivity (Wildman–Crippen MR) is 56.9 cm³/mol. The summed E-state index contributed by atoms with van der Waals surface area (Å²) >= 11 is 0. The van der Waals surface area contributed by atoms with E-state index in [2.05, 4.69) is 5.32 Å². The van der Waals surface area contributed by atoms with Crippen LogP contribution in [-0.4, -0.2) is 23.5 Å². The van der Waals surface area contributed by atoms with Gasteiger partial charge in [-0.05, 0) is 38.1 Å². The zero-order chi connectivity index (χ0) is 12.3. The fourth-order valence-corrected chi connectivity index (χ4v) is 1.36. The first-order valence-electron chi connectivity index (χ1n) is 5.03. The Bertz CT molecular complexity index is 348. The standard InChI is InChI=1S/C11H16F2N2O/c1-7-4-9(5-10(12)11(7)13)6-15(16)8(2)14-3/h4-5,8,14,16H,6H2,1-3H3. The third kappa shape index (κ3) is 2.98. The molecule has 0 saturated carbocycles. The van der Waals surface area contributed by atoms with E-state index in [4.69, 9.17) is 0 Å². The Morgan fingerprint density at radius 3 is 2.56 bits per heavy atom. The van der Waals surface area contributed by atoms with Gasteiger partial charge in [0, 0.05) is 0 Å². The SMILES string of the molecule is CNC(C)N(O)Cc1cc(C)c(F)c(F)c1. The number of nitrogens with zero attached hydrogens (tertiary/aromatic N) is 1. The molecule has 1 atom stereocenters. The lowest BCUT2D eigenvalue weighted by Crippen LogP contribution is -2.39. The molecule has 1 rings (SSSR count). The molecule has 1 aromatic rings. The number of nitrogens with one attached hydrogen (secondary N) is 1. The molecule has 0 aromatic heterocycles. The first kappa shape index (κ1) is 13.0. The highest BCUT2D eigenvalue weighted by atomic mass is 19.2. The summed E-state index contributed by atoms with van der Waals surface area (Å²) in [6.07, 6.45) is -0.256. The first-order chi connectivity index (χ1) is 7.45. The molecule has 3 nitrogen and oxygen atoms in total. The van der Waals surface area contributed by atoms with Gasteiger partial charge in [0.05, 0.1) is 12.7 Å². The van der Waals surface area contributed by atoms with Gasteiger partial charge in [0.1, 0.15) is 0 Å². The van der Waals surface area contributed by atoms with Crippen molar-refractivity contribution in [3.63, 3.8) is 0 Å². The molecule has 0 saturated heterocycles. The first-order valence-corrected chi connectivity index (χ1v) is 5.03. The number of hydrogen-bond acceptors (Lipinski definition) is 3. The fourth-order valence-electron chi connectivity index (χ4n) is 1.36. The molecule has 0 radical (unpaired) electrons. The van der Waals surface area contributed by atoms with Crippen molar-refractivity contribution >= 4 is 0 Å². The van der Waals surface area contributed by atoms with Crippen molar-refractivity contribution in [3.05, 3.63) is 34.9 Å². The van der Waals surface area contributed by atoms with Gasteiger partial charge in [-0.25, -0.2) is 8.78 Å². The van der Waals surface area contributed by atoms with Crippen molar-refractivity contribution in [1.29, 1.82) is 0 Å². The molecule has 1 unspecified atom stereocenters. The second-order valence-corrected chi connectivity index (χ2v) is 3.77. The third-order valence-electron chi connectivity index (χ3n) is 2.48. The highest BCUT2D eigenvalue weighted by molar-refractivity contribution is 5.25. The number of hydroxylamine groups is 2. The third-order valence-corrected chi connectivity index (χ3v) is 2.48. The summed E-state index contributed by atoms with van der Waals surface area (Å²) in [6, 6.07) is 2.61. The quantitative estimate of drug-likeness (QED) is 0.613. The zero-order valence-corrected chi connectivity index (χ0v) is 9.59. The van der Waals surface area contributed by atoms with E-state index in [1.165, 1.54) is 13.0 Å². The van der Waals surface area contributed by atoms with E-state index in [9.17, 15) is 14.0 Å². The van der Waals surface area contributed by atoms with Gasteiger partial charge in [0.25, 0.3) is 0 Å². The van der Waals surface area contributed by atoms with Crippen LogP contribution in [0, 0.1) is 18.6 Å². The molecule has 0 aliphatic carbocycles. The van der Waals surface area contributed by atoms with Crippen LogP contribution < -0.4 is 5.32 Å². The Hall–Kier alpha value is -1.04. The molecule has 1 aromatic carbocycles. The number of halogens is 2. The Labute approximate surface area is 93.6 Å². The predicted octanol–water partition coefficient (Wildman–Crippen LogP) is 2.03. The van der Waals surface area contributed by atoms with Crippen molar-refractivity contribution in [2.45, 2.75) is 26.6 Å². The molecule has 2 N–H and O–H groups in total. The molecule has 90 valence electrons. The van der Waals surface area contributed by atoms with E-state index in [-0.39, 0.29) is 18.3 Å². The van der Waals surface area contributed by atoms with Gasteiger partial charge in [0.2, 0.25) is 0 Å². The second-order valence-electron chi connectivity index (χ2n) is 3.77. The molecule has 0 heterocycles. The molecule has 5 heteroatoms.